The molecule has 0 radical (unpaired) electrons. The van der Waals surface area contributed by atoms with Crippen molar-refractivity contribution in [2.45, 2.75) is 39.5 Å². The van der Waals surface area contributed by atoms with Crippen LogP contribution in [0.2, 0.25) is 0 Å². The van der Waals surface area contributed by atoms with E-state index in [1.807, 2.05) is 0 Å². The number of thiocarbonyl (C=S) groups is 1. The van der Waals surface area contributed by atoms with Crippen LogP contribution in [0.25, 0.3) is 0 Å². The van der Waals surface area contributed by atoms with Crippen molar-refractivity contribution in [1.82, 2.24) is 5.32 Å². The summed E-state index contributed by atoms with van der Waals surface area (Å²) in [6, 6.07) is 8.51. The Morgan fingerprint density at radius 3 is 2.41 bits per heavy atom. The van der Waals surface area contributed by atoms with Crippen LogP contribution >= 0.6 is 12.2 Å². The first-order valence-electron chi connectivity index (χ1n) is 6.40. The number of unbranched alkanes of at least 4 members (excludes halogenated alkanes) is 1. The molecular formula is C14H22N2S. The first-order valence-corrected chi connectivity index (χ1v) is 6.81. The van der Waals surface area contributed by atoms with E-state index in [1.54, 1.807) is 0 Å². The van der Waals surface area contributed by atoms with E-state index in [-0.39, 0.29) is 0 Å². The van der Waals surface area contributed by atoms with Crippen LogP contribution in [0.5, 0.6) is 0 Å². The summed E-state index contributed by atoms with van der Waals surface area (Å²) in [5, 5.41) is 7.03. The van der Waals surface area contributed by atoms with Crippen molar-refractivity contribution in [2.24, 2.45) is 0 Å². The predicted molar refractivity (Wildman–Crippen MR) is 79.6 cm³/mol. The number of hydrogen-bond acceptors (Lipinski definition) is 1. The molecule has 0 fully saturated rings. The molecule has 0 aliphatic carbocycles. The molecule has 0 unspecified atom stereocenters. The van der Waals surface area contributed by atoms with Gasteiger partial charge in [0.2, 0.25) is 0 Å². The molecule has 17 heavy (non-hydrogen) atoms. The Labute approximate surface area is 110 Å². The lowest BCUT2D eigenvalue weighted by molar-refractivity contribution is 0.795. The predicted octanol–water partition coefficient (Wildman–Crippen LogP) is 3.73. The molecule has 0 spiro atoms. The third-order valence-corrected chi connectivity index (χ3v) is 2.81. The number of hydrogen-bond donors (Lipinski definition) is 2. The van der Waals surface area contributed by atoms with Crippen LogP contribution in [0, 0.1) is 0 Å². The van der Waals surface area contributed by atoms with Gasteiger partial charge in [0, 0.05) is 12.2 Å². The molecule has 0 saturated heterocycles. The lowest BCUT2D eigenvalue weighted by atomic mass is 10.1. The summed E-state index contributed by atoms with van der Waals surface area (Å²) in [5.41, 5.74) is 2.45. The quantitative estimate of drug-likeness (QED) is 0.752. The number of rotatable bonds is 6. The minimum atomic E-state index is 0.702. The molecule has 0 amide bonds. The Kier molecular flexibility index (Phi) is 6.63. The maximum absolute atomic E-state index is 5.18. The van der Waals surface area contributed by atoms with E-state index in [2.05, 4.69) is 48.7 Å². The van der Waals surface area contributed by atoms with Gasteiger partial charge in [0.1, 0.15) is 0 Å². The van der Waals surface area contributed by atoms with Gasteiger partial charge >= 0.3 is 0 Å². The molecule has 0 atom stereocenters. The molecule has 0 heterocycles. The van der Waals surface area contributed by atoms with Gasteiger partial charge < -0.3 is 10.6 Å². The monoisotopic (exact) mass is 250 g/mol. The summed E-state index contributed by atoms with van der Waals surface area (Å²) in [7, 11) is 0. The fourth-order valence-electron chi connectivity index (χ4n) is 1.55. The first kappa shape index (κ1) is 14.0. The third kappa shape index (κ3) is 5.68. The minimum Gasteiger partial charge on any atom is -0.362 e. The molecule has 1 rings (SSSR count). The van der Waals surface area contributed by atoms with Gasteiger partial charge in [-0.15, -0.1) is 0 Å². The summed E-state index contributed by atoms with van der Waals surface area (Å²) in [4.78, 5) is 0. The molecule has 1 aromatic rings. The molecule has 94 valence electrons. The normalized spacial score (nSPS) is 10.0. The number of aryl methyl sites for hydroxylation is 1. The van der Waals surface area contributed by atoms with Gasteiger partial charge in [-0.05, 0) is 49.2 Å². The largest absolute Gasteiger partial charge is 0.362 e. The molecular weight excluding hydrogens is 228 g/mol. The highest BCUT2D eigenvalue weighted by Crippen LogP contribution is 2.11. The number of anilines is 1. The number of benzene rings is 1. The Balaban J connectivity index is 2.42. The maximum Gasteiger partial charge on any atom is 0.170 e. The van der Waals surface area contributed by atoms with E-state index in [0.29, 0.717) is 5.11 Å². The fraction of sp³-hybridized carbons (Fsp3) is 0.500. The first-order chi connectivity index (χ1) is 8.26. The molecule has 0 aliphatic rings. The highest BCUT2D eigenvalue weighted by Gasteiger charge is 1.97. The average Bonchev–Trinajstić information content (AvgIpc) is 2.35. The summed E-state index contributed by atoms with van der Waals surface area (Å²) in [6.07, 6.45) is 4.74. The van der Waals surface area contributed by atoms with Crippen LogP contribution in [0.15, 0.2) is 24.3 Å². The SMILES string of the molecule is CCCCc1ccc(NC(=S)NCCC)cc1. The molecule has 0 aliphatic heterocycles. The second kappa shape index (κ2) is 8.07. The van der Waals surface area contributed by atoms with Gasteiger partial charge in [0.25, 0.3) is 0 Å². The van der Waals surface area contributed by atoms with Crippen LogP contribution < -0.4 is 10.6 Å². The summed E-state index contributed by atoms with van der Waals surface area (Å²) >= 11 is 5.18. The second-order valence-corrected chi connectivity index (χ2v) is 4.59. The van der Waals surface area contributed by atoms with Crippen molar-refractivity contribution < 1.29 is 0 Å². The molecule has 3 heteroatoms. The van der Waals surface area contributed by atoms with Crippen molar-refractivity contribution in [3.63, 3.8) is 0 Å². The smallest absolute Gasteiger partial charge is 0.170 e. The van der Waals surface area contributed by atoms with E-state index in [0.717, 1.165) is 25.1 Å². The molecule has 1 aromatic carbocycles. The second-order valence-electron chi connectivity index (χ2n) is 4.18. The third-order valence-electron chi connectivity index (χ3n) is 2.57. The van der Waals surface area contributed by atoms with E-state index in [4.69, 9.17) is 12.2 Å². The van der Waals surface area contributed by atoms with Gasteiger partial charge in [0.05, 0.1) is 0 Å². The van der Waals surface area contributed by atoms with E-state index < -0.39 is 0 Å². The Morgan fingerprint density at radius 1 is 1.12 bits per heavy atom. The average molecular weight is 250 g/mol. The van der Waals surface area contributed by atoms with Gasteiger partial charge in [-0.2, -0.15) is 0 Å². The summed E-state index contributed by atoms with van der Waals surface area (Å²) in [5.74, 6) is 0. The van der Waals surface area contributed by atoms with Crippen LogP contribution in [0.3, 0.4) is 0 Å². The van der Waals surface area contributed by atoms with E-state index >= 15 is 0 Å². The van der Waals surface area contributed by atoms with Crippen LogP contribution in [0.1, 0.15) is 38.7 Å². The topological polar surface area (TPSA) is 24.1 Å². The maximum atomic E-state index is 5.18. The fourth-order valence-corrected chi connectivity index (χ4v) is 1.77. The molecule has 0 saturated carbocycles. The van der Waals surface area contributed by atoms with Crippen molar-refractivity contribution in [2.75, 3.05) is 11.9 Å². The summed E-state index contributed by atoms with van der Waals surface area (Å²) < 4.78 is 0. The zero-order chi connectivity index (χ0) is 12.5. The van der Waals surface area contributed by atoms with Crippen molar-refractivity contribution >= 4 is 23.0 Å². The standard InChI is InChI=1S/C14H22N2S/c1-3-5-6-12-7-9-13(10-8-12)16-14(17)15-11-4-2/h7-10H,3-6,11H2,1-2H3,(H2,15,16,17). The Hall–Kier alpha value is -1.09. The molecule has 2 N–H and O–H groups in total. The zero-order valence-electron chi connectivity index (χ0n) is 10.8. The van der Waals surface area contributed by atoms with Gasteiger partial charge in [-0.1, -0.05) is 32.4 Å². The van der Waals surface area contributed by atoms with E-state index in [1.165, 1.54) is 18.4 Å². The lowest BCUT2D eigenvalue weighted by Crippen LogP contribution is -2.28. The minimum absolute atomic E-state index is 0.702. The van der Waals surface area contributed by atoms with Crippen LogP contribution in [-0.4, -0.2) is 11.7 Å². The molecule has 0 bridgehead atoms. The van der Waals surface area contributed by atoms with Gasteiger partial charge in [-0.3, -0.25) is 0 Å². The highest BCUT2D eigenvalue weighted by atomic mass is 32.1. The van der Waals surface area contributed by atoms with Crippen molar-refractivity contribution in [3.05, 3.63) is 29.8 Å². The van der Waals surface area contributed by atoms with Gasteiger partial charge in [-0.25, -0.2) is 0 Å². The van der Waals surface area contributed by atoms with Crippen molar-refractivity contribution in [1.29, 1.82) is 0 Å². The van der Waals surface area contributed by atoms with E-state index in [9.17, 15) is 0 Å². The Morgan fingerprint density at radius 2 is 1.82 bits per heavy atom. The number of nitrogens with one attached hydrogen (secondary N) is 2. The van der Waals surface area contributed by atoms with Crippen molar-refractivity contribution in [3.8, 4) is 0 Å². The van der Waals surface area contributed by atoms with Gasteiger partial charge in [0.15, 0.2) is 5.11 Å². The molecule has 2 nitrogen and oxygen atoms in total. The zero-order valence-corrected chi connectivity index (χ0v) is 11.6. The lowest BCUT2D eigenvalue weighted by Gasteiger charge is -2.10. The Bertz CT molecular complexity index is 333. The van der Waals surface area contributed by atoms with Crippen LogP contribution in [0.4, 0.5) is 5.69 Å². The van der Waals surface area contributed by atoms with Crippen LogP contribution in [-0.2, 0) is 6.42 Å². The molecule has 0 aromatic heterocycles. The highest BCUT2D eigenvalue weighted by molar-refractivity contribution is 7.80. The summed E-state index contributed by atoms with van der Waals surface area (Å²) in [6.45, 7) is 5.26.